The van der Waals surface area contributed by atoms with Gasteiger partial charge in [-0.15, -0.1) is 0 Å². The Balaban J connectivity index is 2.35. The van der Waals surface area contributed by atoms with Gasteiger partial charge in [0.1, 0.15) is 0 Å². The van der Waals surface area contributed by atoms with E-state index < -0.39 is 0 Å². The number of ether oxygens (including phenoxy) is 1. The van der Waals surface area contributed by atoms with E-state index in [1.54, 1.807) is 0 Å². The second-order valence-corrected chi connectivity index (χ2v) is 5.73. The molecule has 0 aromatic rings. The monoisotopic (exact) mass is 241 g/mol. The minimum absolute atomic E-state index is 0.513. The fourth-order valence-electron chi connectivity index (χ4n) is 2.84. The van der Waals surface area contributed by atoms with Crippen molar-refractivity contribution >= 4 is 0 Å². The van der Waals surface area contributed by atoms with Crippen LogP contribution in [0.4, 0.5) is 0 Å². The third-order valence-electron chi connectivity index (χ3n) is 4.12. The summed E-state index contributed by atoms with van der Waals surface area (Å²) in [5.41, 5.74) is 0. The quantitative estimate of drug-likeness (QED) is 0.735. The second kappa shape index (κ2) is 8.10. The van der Waals surface area contributed by atoms with Crippen LogP contribution in [-0.2, 0) is 4.74 Å². The molecule has 0 amide bonds. The van der Waals surface area contributed by atoms with Crippen molar-refractivity contribution in [1.82, 2.24) is 5.32 Å². The molecule has 1 rings (SSSR count). The first-order chi connectivity index (χ1) is 8.19. The van der Waals surface area contributed by atoms with Gasteiger partial charge in [-0.3, -0.25) is 0 Å². The minimum Gasteiger partial charge on any atom is -0.376 e. The molecule has 0 aliphatic heterocycles. The molecule has 0 heterocycles. The van der Waals surface area contributed by atoms with Crippen LogP contribution in [-0.4, -0.2) is 25.3 Å². The van der Waals surface area contributed by atoms with Gasteiger partial charge in [0.15, 0.2) is 0 Å². The van der Waals surface area contributed by atoms with E-state index in [0.29, 0.717) is 18.1 Å². The van der Waals surface area contributed by atoms with Crippen LogP contribution in [0.25, 0.3) is 0 Å². The first kappa shape index (κ1) is 15.0. The molecule has 0 aromatic heterocycles. The van der Waals surface area contributed by atoms with Crippen molar-refractivity contribution in [2.75, 3.05) is 13.2 Å². The van der Waals surface area contributed by atoms with Crippen LogP contribution in [0.3, 0.4) is 0 Å². The van der Waals surface area contributed by atoms with Crippen molar-refractivity contribution in [3.05, 3.63) is 0 Å². The molecule has 2 nitrogen and oxygen atoms in total. The van der Waals surface area contributed by atoms with Gasteiger partial charge >= 0.3 is 0 Å². The molecule has 1 saturated carbocycles. The zero-order valence-electron chi connectivity index (χ0n) is 12.2. The van der Waals surface area contributed by atoms with Crippen LogP contribution in [0.1, 0.15) is 59.8 Å². The minimum atomic E-state index is 0.513. The molecule has 2 heteroatoms. The van der Waals surface area contributed by atoms with Gasteiger partial charge in [0.05, 0.1) is 12.7 Å². The molecule has 1 N–H and O–H groups in total. The number of rotatable bonds is 7. The SMILES string of the molecule is CCNC(COC1CCCCC1CC)C(C)C. The van der Waals surface area contributed by atoms with Gasteiger partial charge in [0.2, 0.25) is 0 Å². The molecule has 0 saturated heterocycles. The van der Waals surface area contributed by atoms with E-state index in [1.165, 1.54) is 32.1 Å². The van der Waals surface area contributed by atoms with Crippen molar-refractivity contribution in [2.24, 2.45) is 11.8 Å². The predicted molar refractivity (Wildman–Crippen MR) is 74.3 cm³/mol. The summed E-state index contributed by atoms with van der Waals surface area (Å²) >= 11 is 0. The van der Waals surface area contributed by atoms with Crippen molar-refractivity contribution in [1.29, 1.82) is 0 Å². The molecular weight excluding hydrogens is 210 g/mol. The summed E-state index contributed by atoms with van der Waals surface area (Å²) in [7, 11) is 0. The lowest BCUT2D eigenvalue weighted by atomic mass is 9.84. The highest BCUT2D eigenvalue weighted by Gasteiger charge is 2.25. The largest absolute Gasteiger partial charge is 0.376 e. The Hall–Kier alpha value is -0.0800. The Kier molecular flexibility index (Phi) is 7.14. The predicted octanol–water partition coefficient (Wildman–Crippen LogP) is 3.61. The van der Waals surface area contributed by atoms with Crippen LogP contribution < -0.4 is 5.32 Å². The van der Waals surface area contributed by atoms with Gasteiger partial charge in [-0.2, -0.15) is 0 Å². The molecule has 0 radical (unpaired) electrons. The molecular formula is C15H31NO. The van der Waals surface area contributed by atoms with E-state index in [2.05, 4.69) is 33.0 Å². The zero-order chi connectivity index (χ0) is 12.7. The molecule has 17 heavy (non-hydrogen) atoms. The number of hydrogen-bond acceptors (Lipinski definition) is 2. The summed E-state index contributed by atoms with van der Waals surface area (Å²) in [5.74, 6) is 1.46. The van der Waals surface area contributed by atoms with Crippen LogP contribution in [0, 0.1) is 11.8 Å². The lowest BCUT2D eigenvalue weighted by Gasteiger charge is -2.33. The normalized spacial score (nSPS) is 27.4. The molecule has 1 fully saturated rings. The van der Waals surface area contributed by atoms with Crippen LogP contribution in [0.15, 0.2) is 0 Å². The zero-order valence-corrected chi connectivity index (χ0v) is 12.2. The van der Waals surface area contributed by atoms with Gasteiger partial charge < -0.3 is 10.1 Å². The molecule has 0 aromatic carbocycles. The Morgan fingerprint density at radius 2 is 1.88 bits per heavy atom. The van der Waals surface area contributed by atoms with Crippen molar-refractivity contribution in [2.45, 2.75) is 71.9 Å². The van der Waals surface area contributed by atoms with E-state index in [0.717, 1.165) is 19.1 Å². The van der Waals surface area contributed by atoms with E-state index >= 15 is 0 Å². The topological polar surface area (TPSA) is 21.3 Å². The molecule has 0 spiro atoms. The Morgan fingerprint density at radius 1 is 1.18 bits per heavy atom. The van der Waals surface area contributed by atoms with Crippen LogP contribution >= 0.6 is 0 Å². The maximum absolute atomic E-state index is 6.20. The standard InChI is InChI=1S/C15H31NO/c1-5-13-9-7-8-10-15(13)17-11-14(12(3)4)16-6-2/h12-16H,5-11H2,1-4H3. The molecule has 102 valence electrons. The summed E-state index contributed by atoms with van der Waals surface area (Å²) in [6.07, 6.45) is 7.20. The average molecular weight is 241 g/mol. The van der Waals surface area contributed by atoms with Crippen molar-refractivity contribution in [3.8, 4) is 0 Å². The van der Waals surface area contributed by atoms with Gasteiger partial charge in [0, 0.05) is 6.04 Å². The summed E-state index contributed by atoms with van der Waals surface area (Å²) in [4.78, 5) is 0. The Labute approximate surface area is 108 Å². The average Bonchev–Trinajstić information content (AvgIpc) is 2.34. The second-order valence-electron chi connectivity index (χ2n) is 5.73. The summed E-state index contributed by atoms with van der Waals surface area (Å²) < 4.78 is 6.20. The van der Waals surface area contributed by atoms with Gasteiger partial charge in [-0.25, -0.2) is 0 Å². The van der Waals surface area contributed by atoms with E-state index in [-0.39, 0.29) is 0 Å². The highest BCUT2D eigenvalue weighted by Crippen LogP contribution is 2.29. The Morgan fingerprint density at radius 3 is 2.47 bits per heavy atom. The molecule has 3 unspecified atom stereocenters. The maximum Gasteiger partial charge on any atom is 0.0626 e. The highest BCUT2D eigenvalue weighted by molar-refractivity contribution is 4.77. The van der Waals surface area contributed by atoms with E-state index in [4.69, 9.17) is 4.74 Å². The molecule has 1 aliphatic carbocycles. The smallest absolute Gasteiger partial charge is 0.0626 e. The molecule has 0 bridgehead atoms. The Bertz CT molecular complexity index is 193. The molecule has 3 atom stereocenters. The fourth-order valence-corrected chi connectivity index (χ4v) is 2.84. The van der Waals surface area contributed by atoms with Crippen LogP contribution in [0.5, 0.6) is 0 Å². The van der Waals surface area contributed by atoms with E-state index in [9.17, 15) is 0 Å². The first-order valence-electron chi connectivity index (χ1n) is 7.54. The van der Waals surface area contributed by atoms with Gasteiger partial charge in [-0.1, -0.05) is 47.0 Å². The van der Waals surface area contributed by atoms with Crippen LogP contribution in [0.2, 0.25) is 0 Å². The summed E-state index contributed by atoms with van der Waals surface area (Å²) in [6.45, 7) is 10.9. The summed E-state index contributed by atoms with van der Waals surface area (Å²) in [6, 6.07) is 0.513. The van der Waals surface area contributed by atoms with Crippen molar-refractivity contribution in [3.63, 3.8) is 0 Å². The van der Waals surface area contributed by atoms with E-state index in [1.807, 2.05) is 0 Å². The first-order valence-corrected chi connectivity index (χ1v) is 7.54. The third kappa shape index (κ3) is 4.97. The molecule has 1 aliphatic rings. The summed E-state index contributed by atoms with van der Waals surface area (Å²) in [5, 5.41) is 3.53. The highest BCUT2D eigenvalue weighted by atomic mass is 16.5. The fraction of sp³-hybridized carbons (Fsp3) is 1.00. The van der Waals surface area contributed by atoms with Gasteiger partial charge in [0.25, 0.3) is 0 Å². The van der Waals surface area contributed by atoms with Crippen molar-refractivity contribution < 1.29 is 4.74 Å². The number of hydrogen-bond donors (Lipinski definition) is 1. The maximum atomic E-state index is 6.20. The van der Waals surface area contributed by atoms with Gasteiger partial charge in [-0.05, 0) is 31.2 Å². The lowest BCUT2D eigenvalue weighted by Crippen LogP contribution is -2.40. The third-order valence-corrected chi connectivity index (χ3v) is 4.12. The number of nitrogens with one attached hydrogen (secondary N) is 1. The lowest BCUT2D eigenvalue weighted by molar-refractivity contribution is -0.0260. The number of likely N-dealkylation sites (N-methyl/N-ethyl adjacent to an activating group) is 1.